The zero-order valence-electron chi connectivity index (χ0n) is 21.6. The summed E-state index contributed by atoms with van der Waals surface area (Å²) in [5.74, 6) is -2.91. The Morgan fingerprint density at radius 2 is 1.82 bits per heavy atom. The minimum atomic E-state index is -4.69. The van der Waals surface area contributed by atoms with Crippen LogP contribution in [0.2, 0.25) is 5.02 Å². The van der Waals surface area contributed by atoms with E-state index in [1.165, 1.54) is 0 Å². The molecule has 1 unspecified atom stereocenters. The Bertz CT molecular complexity index is 1190. The van der Waals surface area contributed by atoms with Crippen molar-refractivity contribution in [3.8, 4) is 11.3 Å². The van der Waals surface area contributed by atoms with Crippen LogP contribution in [0.4, 0.5) is 17.6 Å². The summed E-state index contributed by atoms with van der Waals surface area (Å²) in [6.07, 6.45) is 0.732. The van der Waals surface area contributed by atoms with Crippen LogP contribution in [0.25, 0.3) is 11.3 Å². The van der Waals surface area contributed by atoms with E-state index < -0.39 is 60.6 Å². The molecular formula is C21H28BrClF4N3O7PS. The molecule has 2 rings (SSSR count). The van der Waals surface area contributed by atoms with E-state index in [0.717, 1.165) is 19.2 Å². The van der Waals surface area contributed by atoms with Crippen molar-refractivity contribution in [2.75, 3.05) is 31.6 Å². The number of aliphatic carboxylic acids is 1. The quantitative estimate of drug-likeness (QED) is 0.170. The normalized spacial score (nSPS) is 12.7. The molecule has 2 aromatic rings. The molecule has 18 heteroatoms. The number of alkyl halides is 3. The van der Waals surface area contributed by atoms with Gasteiger partial charge in [-0.3, -0.25) is 14.8 Å². The zero-order chi connectivity index (χ0) is 30.9. The van der Waals surface area contributed by atoms with Crippen molar-refractivity contribution in [1.82, 2.24) is 15.1 Å². The van der Waals surface area contributed by atoms with Gasteiger partial charge in [0.2, 0.25) is 0 Å². The number of carboxylic acid groups (broad SMARTS) is 1. The number of aryl methyl sites for hydroxylation is 1. The van der Waals surface area contributed by atoms with Gasteiger partial charge in [0.1, 0.15) is 19.1 Å². The molecular weight excluding hydrogens is 661 g/mol. The Balaban J connectivity index is 0.000000856. The highest BCUT2D eigenvalue weighted by molar-refractivity contribution is 9.10. The average molecular weight is 689 g/mol. The summed E-state index contributed by atoms with van der Waals surface area (Å²) in [6.45, 7) is 2.75. The number of nitrogens with zero attached hydrogens (tertiary/aromatic N) is 2. The van der Waals surface area contributed by atoms with Gasteiger partial charge in [-0.15, -0.1) is 0 Å². The first-order valence-corrected chi connectivity index (χ1v) is 15.9. The van der Waals surface area contributed by atoms with E-state index >= 15 is 0 Å². The lowest BCUT2D eigenvalue weighted by molar-refractivity contribution is -0.193. The second-order valence-corrected chi connectivity index (χ2v) is 13.5. The van der Waals surface area contributed by atoms with Crippen LogP contribution < -0.4 is 10.2 Å². The Morgan fingerprint density at radius 3 is 2.21 bits per heavy atom. The van der Waals surface area contributed by atoms with Crippen LogP contribution in [0.1, 0.15) is 29.9 Å². The third-order valence-corrected chi connectivity index (χ3v) is 5.41. The molecule has 10 nitrogen and oxygen atoms in total. The zero-order valence-corrected chi connectivity index (χ0v) is 25.7. The van der Waals surface area contributed by atoms with Gasteiger partial charge in [0.25, 0.3) is 0 Å². The van der Waals surface area contributed by atoms with Gasteiger partial charge >= 0.3 is 18.1 Å². The van der Waals surface area contributed by atoms with Crippen LogP contribution in [0.3, 0.4) is 0 Å². The maximum atomic E-state index is 14.3. The minimum Gasteiger partial charge on any atom is -0.778 e. The van der Waals surface area contributed by atoms with E-state index in [2.05, 4.69) is 39.8 Å². The molecule has 0 saturated heterocycles. The SMILES string of the molecule is CC(C)OC(=O)c1cc(-c2nn(C)c(C(F)(F)F)c2Br)c(F)cc1Cl.C[S+](C)C.O=C(O)CNCP(=O)([O-])O. The second kappa shape index (κ2) is 15.9. The summed E-state index contributed by atoms with van der Waals surface area (Å²) in [5.41, 5.74) is -1.86. The molecule has 0 aliphatic carbocycles. The van der Waals surface area contributed by atoms with Crippen molar-refractivity contribution in [2.24, 2.45) is 7.05 Å². The smallest absolute Gasteiger partial charge is 0.434 e. The van der Waals surface area contributed by atoms with Crippen molar-refractivity contribution < 1.29 is 51.3 Å². The number of hydrogen-bond donors (Lipinski definition) is 3. The Kier molecular flexibility index (Phi) is 15.3. The summed E-state index contributed by atoms with van der Waals surface area (Å²) in [7, 11) is -2.63. The monoisotopic (exact) mass is 687 g/mol. The van der Waals surface area contributed by atoms with Gasteiger partial charge in [0.05, 0.1) is 52.8 Å². The summed E-state index contributed by atoms with van der Waals surface area (Å²) in [4.78, 5) is 39.8. The van der Waals surface area contributed by atoms with Gasteiger partial charge < -0.3 is 24.2 Å². The largest absolute Gasteiger partial charge is 0.778 e. The molecule has 0 aliphatic heterocycles. The summed E-state index contributed by atoms with van der Waals surface area (Å²) >= 11 is 8.67. The molecule has 1 atom stereocenters. The van der Waals surface area contributed by atoms with Crippen LogP contribution in [0.15, 0.2) is 16.6 Å². The predicted octanol–water partition coefficient (Wildman–Crippen LogP) is 3.88. The lowest BCUT2D eigenvalue weighted by Gasteiger charge is -2.14. The van der Waals surface area contributed by atoms with Gasteiger partial charge in [-0.25, -0.2) is 9.18 Å². The number of carbonyl (C=O) groups is 2. The maximum Gasteiger partial charge on any atom is 0.434 e. The number of carboxylic acids is 1. The predicted molar refractivity (Wildman–Crippen MR) is 142 cm³/mol. The first kappa shape index (κ1) is 37.3. The van der Waals surface area contributed by atoms with Gasteiger partial charge in [-0.2, -0.15) is 18.3 Å². The molecule has 39 heavy (non-hydrogen) atoms. The standard InChI is InChI=1S/C15H12BrClF4N2O2.C3H8NO5P.C3H9S/c1-6(2)25-14(24)7-4-8(10(18)5-9(7)17)12-11(16)13(15(19,20)21)23(3)22-12;5-3(6)1-4-2-10(7,8)9;1-4(2)3/h4-6H,1-3H3;4H,1-2H2,(H,5,6)(H2,7,8,9);1-3H3/q;;+1/p-1. The Morgan fingerprint density at radius 1 is 1.31 bits per heavy atom. The molecule has 0 radical (unpaired) electrons. The number of halogens is 6. The van der Waals surface area contributed by atoms with Gasteiger partial charge in [0, 0.05) is 12.6 Å². The second-order valence-electron chi connectivity index (χ2n) is 8.24. The topological polar surface area (TPSA) is 154 Å². The number of aromatic nitrogens is 2. The molecule has 0 saturated carbocycles. The van der Waals surface area contributed by atoms with E-state index in [1.807, 2.05) is 5.32 Å². The van der Waals surface area contributed by atoms with Crippen LogP contribution in [0, 0.1) is 5.82 Å². The Hall–Kier alpha value is -1.68. The number of nitrogens with one attached hydrogen (secondary N) is 1. The van der Waals surface area contributed by atoms with E-state index in [1.54, 1.807) is 13.8 Å². The van der Waals surface area contributed by atoms with Crippen molar-refractivity contribution in [3.05, 3.63) is 38.7 Å². The van der Waals surface area contributed by atoms with E-state index in [0.29, 0.717) is 15.6 Å². The van der Waals surface area contributed by atoms with Gasteiger partial charge in [-0.05, 0) is 52.8 Å². The third-order valence-electron chi connectivity index (χ3n) is 3.72. The molecule has 0 bridgehead atoms. The summed E-state index contributed by atoms with van der Waals surface area (Å²) in [6, 6.07) is 1.86. The van der Waals surface area contributed by atoms with Crippen LogP contribution in [-0.2, 0) is 38.2 Å². The highest BCUT2D eigenvalue weighted by Crippen LogP contribution is 2.41. The highest BCUT2D eigenvalue weighted by Gasteiger charge is 2.39. The molecule has 0 fully saturated rings. The number of ether oxygens (including phenoxy) is 1. The lowest BCUT2D eigenvalue weighted by atomic mass is 10.1. The average Bonchev–Trinajstić information content (AvgIpc) is 3.00. The highest BCUT2D eigenvalue weighted by atomic mass is 79.9. The number of rotatable bonds is 7. The first-order valence-electron chi connectivity index (χ1n) is 10.5. The fourth-order valence-electron chi connectivity index (χ4n) is 2.45. The van der Waals surface area contributed by atoms with Gasteiger partial charge in [-0.1, -0.05) is 11.6 Å². The molecule has 222 valence electrons. The molecule has 1 aromatic heterocycles. The molecule has 0 amide bonds. The Labute approximate surface area is 238 Å². The third kappa shape index (κ3) is 14.0. The fourth-order valence-corrected chi connectivity index (χ4v) is 3.84. The van der Waals surface area contributed by atoms with E-state index in [4.69, 9.17) is 26.3 Å². The van der Waals surface area contributed by atoms with Gasteiger partial charge in [0.15, 0.2) is 5.69 Å². The fraction of sp³-hybridized carbons (Fsp3) is 0.476. The van der Waals surface area contributed by atoms with Crippen LogP contribution in [-0.4, -0.2) is 69.4 Å². The maximum absolute atomic E-state index is 14.3. The van der Waals surface area contributed by atoms with Crippen molar-refractivity contribution in [2.45, 2.75) is 26.1 Å². The van der Waals surface area contributed by atoms with Crippen molar-refractivity contribution >= 4 is 58.0 Å². The van der Waals surface area contributed by atoms with Crippen LogP contribution in [0.5, 0.6) is 0 Å². The number of hydrogen-bond acceptors (Lipinski definition) is 7. The first-order chi connectivity index (χ1) is 17.6. The molecule has 1 aromatic carbocycles. The minimum absolute atomic E-state index is 0.169. The molecule has 1 heterocycles. The number of esters is 1. The van der Waals surface area contributed by atoms with E-state index in [9.17, 15) is 36.6 Å². The molecule has 0 aliphatic rings. The molecule has 0 spiro atoms. The van der Waals surface area contributed by atoms with Crippen molar-refractivity contribution in [1.29, 1.82) is 0 Å². The van der Waals surface area contributed by atoms with Crippen molar-refractivity contribution in [3.63, 3.8) is 0 Å². The molecule has 3 N–H and O–H groups in total. The lowest BCUT2D eigenvalue weighted by Crippen LogP contribution is -2.25. The number of carbonyl (C=O) groups excluding carboxylic acids is 1. The summed E-state index contributed by atoms with van der Waals surface area (Å²) < 4.78 is 68.6. The van der Waals surface area contributed by atoms with E-state index in [-0.39, 0.29) is 21.8 Å². The summed E-state index contributed by atoms with van der Waals surface area (Å²) in [5, 5.41) is 13.5. The van der Waals surface area contributed by atoms with Crippen LogP contribution >= 0.6 is 35.1 Å². The number of benzene rings is 1.